The number of aromatic nitrogens is 4. The van der Waals surface area contributed by atoms with Crippen molar-refractivity contribution in [2.45, 2.75) is 33.5 Å². The third-order valence-electron chi connectivity index (χ3n) is 3.51. The Morgan fingerprint density at radius 3 is 2.50 bits per heavy atom. The first-order valence-electron chi connectivity index (χ1n) is 7.30. The number of imidazole rings is 1. The molecular formula is C14H23N5O3. The number of methoxy groups -OCH3 is 1. The van der Waals surface area contributed by atoms with Gasteiger partial charge in [-0.05, 0) is 5.92 Å². The average molecular weight is 309 g/mol. The van der Waals surface area contributed by atoms with Crippen molar-refractivity contribution in [2.24, 2.45) is 18.7 Å². The van der Waals surface area contributed by atoms with E-state index in [9.17, 15) is 9.59 Å². The van der Waals surface area contributed by atoms with Crippen LogP contribution in [0.1, 0.15) is 19.7 Å². The van der Waals surface area contributed by atoms with E-state index in [4.69, 9.17) is 10.5 Å². The molecule has 8 heteroatoms. The summed E-state index contributed by atoms with van der Waals surface area (Å²) in [5, 5.41) is 0. The molecule has 0 fully saturated rings. The largest absolute Gasteiger partial charge is 0.377 e. The van der Waals surface area contributed by atoms with Gasteiger partial charge in [0.1, 0.15) is 12.4 Å². The highest BCUT2D eigenvalue weighted by molar-refractivity contribution is 5.71. The molecule has 0 radical (unpaired) electrons. The Kier molecular flexibility index (Phi) is 4.82. The Balaban J connectivity index is 2.87. The third kappa shape index (κ3) is 2.71. The van der Waals surface area contributed by atoms with Crippen LogP contribution in [0.25, 0.3) is 11.2 Å². The van der Waals surface area contributed by atoms with Gasteiger partial charge >= 0.3 is 5.69 Å². The van der Waals surface area contributed by atoms with Gasteiger partial charge in [0.2, 0.25) is 0 Å². The zero-order valence-electron chi connectivity index (χ0n) is 13.5. The highest BCUT2D eigenvalue weighted by Crippen LogP contribution is 2.12. The van der Waals surface area contributed by atoms with E-state index < -0.39 is 0 Å². The summed E-state index contributed by atoms with van der Waals surface area (Å²) in [4.78, 5) is 29.6. The van der Waals surface area contributed by atoms with Crippen LogP contribution in [0.3, 0.4) is 0 Å². The van der Waals surface area contributed by atoms with Crippen molar-refractivity contribution in [3.8, 4) is 0 Å². The molecule has 2 aromatic rings. The number of fused-ring (bicyclic) bond motifs is 1. The molecule has 2 heterocycles. The molecule has 0 spiro atoms. The van der Waals surface area contributed by atoms with E-state index in [1.165, 1.54) is 4.57 Å². The second kappa shape index (κ2) is 6.45. The van der Waals surface area contributed by atoms with Crippen molar-refractivity contribution >= 4 is 11.2 Å². The van der Waals surface area contributed by atoms with E-state index in [0.717, 1.165) is 0 Å². The number of ether oxygens (including phenoxy) is 1. The number of aryl methyl sites for hydroxylation is 1. The van der Waals surface area contributed by atoms with E-state index >= 15 is 0 Å². The van der Waals surface area contributed by atoms with Crippen molar-refractivity contribution in [3.05, 3.63) is 26.7 Å². The number of nitrogens with two attached hydrogens (primary N) is 1. The van der Waals surface area contributed by atoms with Gasteiger partial charge in [0.25, 0.3) is 5.56 Å². The van der Waals surface area contributed by atoms with Gasteiger partial charge in [-0.15, -0.1) is 0 Å². The van der Waals surface area contributed by atoms with Crippen LogP contribution >= 0.6 is 0 Å². The van der Waals surface area contributed by atoms with Crippen LogP contribution in [0.15, 0.2) is 9.59 Å². The molecule has 2 N–H and O–H groups in total. The highest BCUT2D eigenvalue weighted by Gasteiger charge is 2.20. The number of hydrogen-bond donors (Lipinski definition) is 1. The maximum atomic E-state index is 12.6. The van der Waals surface area contributed by atoms with Gasteiger partial charge in [-0.3, -0.25) is 13.9 Å². The molecule has 0 saturated heterocycles. The second-order valence-electron chi connectivity index (χ2n) is 5.72. The molecule has 8 nitrogen and oxygen atoms in total. The second-order valence-corrected chi connectivity index (χ2v) is 5.72. The van der Waals surface area contributed by atoms with Crippen LogP contribution in [0, 0.1) is 5.92 Å². The minimum absolute atomic E-state index is 0.191. The Morgan fingerprint density at radius 2 is 1.95 bits per heavy atom. The molecule has 0 aliphatic carbocycles. The van der Waals surface area contributed by atoms with Gasteiger partial charge in [0, 0.05) is 33.8 Å². The third-order valence-corrected chi connectivity index (χ3v) is 3.51. The lowest BCUT2D eigenvalue weighted by atomic mass is 10.2. The predicted octanol–water partition coefficient (Wildman–Crippen LogP) is -0.342. The standard InChI is InChI=1S/C14H23N5O3/c1-9(2)7-19-12-11(17(3)10(16-12)8-22-4)13(20)18(6-5-15)14(19)21/h9H,5-8,15H2,1-4H3. The van der Waals surface area contributed by atoms with E-state index in [0.29, 0.717) is 23.5 Å². The van der Waals surface area contributed by atoms with Crippen LogP contribution in [-0.4, -0.2) is 32.3 Å². The average Bonchev–Trinajstić information content (AvgIpc) is 2.77. The smallest absolute Gasteiger partial charge is 0.332 e. The Bertz CT molecular complexity index is 784. The van der Waals surface area contributed by atoms with Crippen LogP contribution in [0.2, 0.25) is 0 Å². The van der Waals surface area contributed by atoms with Crippen molar-refractivity contribution in [2.75, 3.05) is 13.7 Å². The molecule has 0 saturated carbocycles. The van der Waals surface area contributed by atoms with Gasteiger partial charge in [0.05, 0.1) is 0 Å². The normalized spacial score (nSPS) is 11.7. The Morgan fingerprint density at radius 1 is 1.27 bits per heavy atom. The molecule has 0 atom stereocenters. The molecule has 0 amide bonds. The topological polar surface area (TPSA) is 97.1 Å². The molecule has 2 rings (SSSR count). The molecule has 0 aromatic carbocycles. The summed E-state index contributed by atoms with van der Waals surface area (Å²) in [5.74, 6) is 0.856. The van der Waals surface area contributed by atoms with Crippen LogP contribution in [0.4, 0.5) is 0 Å². The minimum Gasteiger partial charge on any atom is -0.377 e. The molecule has 0 aliphatic heterocycles. The molecule has 0 aliphatic rings. The summed E-state index contributed by atoms with van der Waals surface area (Å²) in [5.41, 5.74) is 5.63. The molecule has 0 unspecified atom stereocenters. The fraction of sp³-hybridized carbons (Fsp3) is 0.643. The van der Waals surface area contributed by atoms with Crippen molar-refractivity contribution in [1.29, 1.82) is 0 Å². The molecule has 22 heavy (non-hydrogen) atoms. The maximum Gasteiger partial charge on any atom is 0.332 e. The lowest BCUT2D eigenvalue weighted by Crippen LogP contribution is -2.42. The van der Waals surface area contributed by atoms with Gasteiger partial charge in [-0.1, -0.05) is 13.8 Å². The van der Waals surface area contributed by atoms with Crippen molar-refractivity contribution < 1.29 is 4.74 Å². The first-order valence-corrected chi connectivity index (χ1v) is 7.30. The summed E-state index contributed by atoms with van der Waals surface area (Å²) in [7, 11) is 3.31. The van der Waals surface area contributed by atoms with Gasteiger partial charge in [-0.25, -0.2) is 9.78 Å². The summed E-state index contributed by atoms with van der Waals surface area (Å²) >= 11 is 0. The highest BCUT2D eigenvalue weighted by atomic mass is 16.5. The van der Waals surface area contributed by atoms with Gasteiger partial charge < -0.3 is 15.0 Å². The lowest BCUT2D eigenvalue weighted by molar-refractivity contribution is 0.175. The molecule has 122 valence electrons. The summed E-state index contributed by atoms with van der Waals surface area (Å²) in [6.07, 6.45) is 0. The summed E-state index contributed by atoms with van der Waals surface area (Å²) in [6, 6.07) is 0. The Hall–Kier alpha value is -1.93. The number of hydrogen-bond acceptors (Lipinski definition) is 5. The summed E-state index contributed by atoms with van der Waals surface area (Å²) < 4.78 is 9.53. The minimum atomic E-state index is -0.362. The van der Waals surface area contributed by atoms with E-state index in [1.807, 2.05) is 13.8 Å². The van der Waals surface area contributed by atoms with Crippen molar-refractivity contribution in [1.82, 2.24) is 18.7 Å². The van der Waals surface area contributed by atoms with Crippen LogP contribution in [0.5, 0.6) is 0 Å². The van der Waals surface area contributed by atoms with Crippen LogP contribution < -0.4 is 17.0 Å². The van der Waals surface area contributed by atoms with E-state index in [-0.39, 0.29) is 36.9 Å². The van der Waals surface area contributed by atoms with Crippen molar-refractivity contribution in [3.63, 3.8) is 0 Å². The lowest BCUT2D eigenvalue weighted by Gasteiger charge is -2.12. The zero-order valence-corrected chi connectivity index (χ0v) is 13.5. The van der Waals surface area contributed by atoms with E-state index in [1.54, 1.807) is 23.3 Å². The first kappa shape index (κ1) is 16.4. The molecule has 2 aromatic heterocycles. The molecule has 0 bridgehead atoms. The van der Waals surface area contributed by atoms with Gasteiger partial charge in [0.15, 0.2) is 11.2 Å². The monoisotopic (exact) mass is 309 g/mol. The fourth-order valence-corrected chi connectivity index (χ4v) is 2.52. The van der Waals surface area contributed by atoms with Crippen LogP contribution in [-0.2, 0) is 31.5 Å². The SMILES string of the molecule is COCc1nc2c(c(=O)n(CCN)c(=O)n2CC(C)C)n1C. The van der Waals surface area contributed by atoms with E-state index in [2.05, 4.69) is 4.98 Å². The number of rotatable bonds is 6. The Labute approximate surface area is 128 Å². The first-order chi connectivity index (χ1) is 10.4. The quantitative estimate of drug-likeness (QED) is 0.787. The fourth-order valence-electron chi connectivity index (χ4n) is 2.52. The van der Waals surface area contributed by atoms with Gasteiger partial charge in [-0.2, -0.15) is 0 Å². The summed E-state index contributed by atoms with van der Waals surface area (Å²) in [6.45, 7) is 5.20. The zero-order chi connectivity index (χ0) is 16.4. The predicted molar refractivity (Wildman–Crippen MR) is 83.8 cm³/mol. The maximum absolute atomic E-state index is 12.6. The molecular weight excluding hydrogens is 286 g/mol. The number of nitrogens with zero attached hydrogens (tertiary/aromatic N) is 4.